The number of likely N-dealkylation sites (tertiary alicyclic amines) is 1. The standard InChI is InChI=1S/C26H31F3N4O4/c1-16(2)37-24(36)31-14-25(15-31)17-7-3-4-9-19(17)33(23(25)35)13-21-30-18-8-5-10-20(34)22(18)32(21)12-6-11-26(27,28)29/h3-4,7,9,16,20,34H,5-6,8,10-15H2,1-2H3. The molecule has 2 aliphatic heterocycles. The molecular formula is C26H31F3N4O4. The summed E-state index contributed by atoms with van der Waals surface area (Å²) in [5.74, 6) is 0.286. The zero-order chi connectivity index (χ0) is 26.5. The molecule has 1 saturated heterocycles. The number of carbonyl (C=O) groups is 2. The van der Waals surface area contributed by atoms with Gasteiger partial charge >= 0.3 is 12.3 Å². The van der Waals surface area contributed by atoms with Crippen LogP contribution in [0.1, 0.15) is 68.4 Å². The molecule has 2 aromatic rings. The van der Waals surface area contributed by atoms with E-state index >= 15 is 0 Å². The number of para-hydroxylation sites is 1. The van der Waals surface area contributed by atoms with E-state index in [1.165, 1.54) is 4.90 Å². The summed E-state index contributed by atoms with van der Waals surface area (Å²) in [5, 5.41) is 10.6. The van der Waals surface area contributed by atoms with Gasteiger partial charge in [0.2, 0.25) is 5.91 Å². The minimum Gasteiger partial charge on any atom is -0.447 e. The van der Waals surface area contributed by atoms with Gasteiger partial charge in [0.05, 0.1) is 30.1 Å². The highest BCUT2D eigenvalue weighted by Crippen LogP contribution is 2.48. The lowest BCUT2D eigenvalue weighted by Crippen LogP contribution is -2.65. The van der Waals surface area contributed by atoms with Gasteiger partial charge in [0.15, 0.2) is 0 Å². The first-order chi connectivity index (χ1) is 17.5. The second-order valence-electron chi connectivity index (χ2n) is 10.4. The van der Waals surface area contributed by atoms with E-state index in [-0.39, 0.29) is 44.6 Å². The van der Waals surface area contributed by atoms with Crippen molar-refractivity contribution in [3.63, 3.8) is 0 Å². The number of ether oxygens (including phenoxy) is 1. The minimum absolute atomic E-state index is 0.0534. The Morgan fingerprint density at radius 1 is 1.27 bits per heavy atom. The Morgan fingerprint density at radius 2 is 2.00 bits per heavy atom. The molecule has 1 aromatic carbocycles. The minimum atomic E-state index is -4.28. The average molecular weight is 521 g/mol. The number of hydrogen-bond acceptors (Lipinski definition) is 5. The molecule has 1 aliphatic carbocycles. The molecule has 5 rings (SSSR count). The third kappa shape index (κ3) is 4.58. The van der Waals surface area contributed by atoms with Gasteiger partial charge < -0.3 is 24.2 Å². The molecule has 37 heavy (non-hydrogen) atoms. The van der Waals surface area contributed by atoms with Crippen molar-refractivity contribution in [3.05, 3.63) is 47.0 Å². The molecule has 0 saturated carbocycles. The van der Waals surface area contributed by atoms with Gasteiger partial charge in [-0.15, -0.1) is 0 Å². The summed E-state index contributed by atoms with van der Waals surface area (Å²) in [5.41, 5.74) is 1.87. The second-order valence-corrected chi connectivity index (χ2v) is 10.4. The van der Waals surface area contributed by atoms with Gasteiger partial charge in [0, 0.05) is 31.7 Å². The first-order valence-electron chi connectivity index (χ1n) is 12.7. The Labute approximate surface area is 213 Å². The maximum absolute atomic E-state index is 13.8. The van der Waals surface area contributed by atoms with E-state index in [1.54, 1.807) is 23.3 Å². The van der Waals surface area contributed by atoms with Crippen LogP contribution >= 0.6 is 0 Å². The van der Waals surface area contributed by atoms with Crippen LogP contribution < -0.4 is 4.90 Å². The molecule has 1 fully saturated rings. The van der Waals surface area contributed by atoms with Crippen molar-refractivity contribution >= 4 is 17.7 Å². The molecule has 1 spiro atoms. The predicted octanol–water partition coefficient (Wildman–Crippen LogP) is 4.24. The van der Waals surface area contributed by atoms with Gasteiger partial charge in [0.1, 0.15) is 11.2 Å². The summed E-state index contributed by atoms with van der Waals surface area (Å²) in [6.45, 7) is 4.04. The maximum atomic E-state index is 13.8. The highest BCUT2D eigenvalue weighted by molar-refractivity contribution is 6.09. The second kappa shape index (κ2) is 9.34. The number of nitrogens with zero attached hydrogens (tertiary/aromatic N) is 4. The van der Waals surface area contributed by atoms with Crippen molar-refractivity contribution in [1.29, 1.82) is 0 Å². The number of halogens is 3. The number of aliphatic hydroxyl groups is 1. The fourth-order valence-electron chi connectivity index (χ4n) is 5.74. The zero-order valence-corrected chi connectivity index (χ0v) is 20.9. The van der Waals surface area contributed by atoms with Crippen LogP contribution in [0.5, 0.6) is 0 Å². The number of anilines is 1. The SMILES string of the molecule is CC(C)OC(=O)N1CC2(C1)C(=O)N(Cc1nc3c(n1CCCC(F)(F)F)C(O)CCC3)c1ccccc12. The quantitative estimate of drug-likeness (QED) is 0.616. The molecule has 11 heteroatoms. The number of benzene rings is 1. The molecule has 3 heterocycles. The van der Waals surface area contributed by atoms with E-state index in [0.717, 1.165) is 12.0 Å². The average Bonchev–Trinajstić information content (AvgIpc) is 3.25. The van der Waals surface area contributed by atoms with Crippen LogP contribution in [-0.4, -0.2) is 56.9 Å². The molecule has 3 aliphatic rings. The summed E-state index contributed by atoms with van der Waals surface area (Å²) >= 11 is 0. The fraction of sp³-hybridized carbons (Fsp3) is 0.577. The van der Waals surface area contributed by atoms with Gasteiger partial charge in [-0.2, -0.15) is 13.2 Å². The zero-order valence-electron chi connectivity index (χ0n) is 20.9. The lowest BCUT2D eigenvalue weighted by atomic mass is 9.75. The van der Waals surface area contributed by atoms with Crippen LogP contribution in [0.15, 0.2) is 24.3 Å². The number of aliphatic hydroxyl groups excluding tert-OH is 1. The highest BCUT2D eigenvalue weighted by Gasteiger charge is 2.59. The van der Waals surface area contributed by atoms with Crippen molar-refractivity contribution in [2.45, 2.75) is 82.8 Å². The number of rotatable bonds is 6. The van der Waals surface area contributed by atoms with Crippen LogP contribution in [-0.2, 0) is 34.5 Å². The fourth-order valence-corrected chi connectivity index (χ4v) is 5.74. The van der Waals surface area contributed by atoms with E-state index in [9.17, 15) is 27.9 Å². The molecule has 8 nitrogen and oxygen atoms in total. The molecule has 200 valence electrons. The van der Waals surface area contributed by atoms with Gasteiger partial charge in [-0.3, -0.25) is 4.79 Å². The number of aromatic nitrogens is 2. The Hall–Kier alpha value is -3.08. The smallest absolute Gasteiger partial charge is 0.410 e. The topological polar surface area (TPSA) is 87.9 Å². The normalized spacial score (nSPS) is 20.3. The largest absolute Gasteiger partial charge is 0.447 e. The van der Waals surface area contributed by atoms with Crippen LogP contribution in [0.2, 0.25) is 0 Å². The van der Waals surface area contributed by atoms with Gasteiger partial charge in [0.25, 0.3) is 0 Å². The summed E-state index contributed by atoms with van der Waals surface area (Å²) in [6.07, 6.45) is -5.00. The Bertz CT molecular complexity index is 1200. The van der Waals surface area contributed by atoms with E-state index in [4.69, 9.17) is 9.72 Å². The first kappa shape index (κ1) is 25.6. The third-order valence-electron chi connectivity index (χ3n) is 7.39. The number of imidazole rings is 1. The Morgan fingerprint density at radius 3 is 2.70 bits per heavy atom. The van der Waals surface area contributed by atoms with Crippen LogP contribution in [0.3, 0.4) is 0 Å². The number of amides is 2. The van der Waals surface area contributed by atoms with Crippen molar-refractivity contribution in [1.82, 2.24) is 14.5 Å². The van der Waals surface area contributed by atoms with Gasteiger partial charge in [-0.05, 0) is 51.2 Å². The summed E-state index contributed by atoms with van der Waals surface area (Å²) in [6, 6.07) is 7.39. The molecule has 0 radical (unpaired) electrons. The monoisotopic (exact) mass is 520 g/mol. The van der Waals surface area contributed by atoms with E-state index in [0.29, 0.717) is 35.7 Å². The van der Waals surface area contributed by atoms with Crippen LogP contribution in [0.4, 0.5) is 23.7 Å². The highest BCUT2D eigenvalue weighted by atomic mass is 19.4. The summed E-state index contributed by atoms with van der Waals surface area (Å²) < 4.78 is 45.6. The number of carbonyl (C=O) groups excluding carboxylic acids is 2. The molecule has 1 unspecified atom stereocenters. The van der Waals surface area contributed by atoms with E-state index in [1.807, 2.05) is 24.3 Å². The van der Waals surface area contributed by atoms with Gasteiger partial charge in [-0.25, -0.2) is 9.78 Å². The first-order valence-corrected chi connectivity index (χ1v) is 12.7. The van der Waals surface area contributed by atoms with Crippen molar-refractivity contribution in [3.8, 4) is 0 Å². The Balaban J connectivity index is 1.43. The van der Waals surface area contributed by atoms with Crippen molar-refractivity contribution in [2.75, 3.05) is 18.0 Å². The number of fused-ring (bicyclic) bond motifs is 3. The number of alkyl halides is 3. The predicted molar refractivity (Wildman–Crippen MR) is 128 cm³/mol. The molecule has 1 aromatic heterocycles. The lowest BCUT2D eigenvalue weighted by Gasteiger charge is -2.46. The molecule has 0 bridgehead atoms. The number of aryl methyl sites for hydroxylation is 1. The van der Waals surface area contributed by atoms with Crippen molar-refractivity contribution < 1.29 is 32.6 Å². The number of hydrogen-bond donors (Lipinski definition) is 1. The van der Waals surface area contributed by atoms with Crippen LogP contribution in [0, 0.1) is 0 Å². The third-order valence-corrected chi connectivity index (χ3v) is 7.39. The molecule has 1 N–H and O–H groups in total. The van der Waals surface area contributed by atoms with Crippen molar-refractivity contribution in [2.24, 2.45) is 0 Å². The summed E-state index contributed by atoms with van der Waals surface area (Å²) in [7, 11) is 0. The Kier molecular flexibility index (Phi) is 6.45. The van der Waals surface area contributed by atoms with Gasteiger partial charge in [-0.1, -0.05) is 18.2 Å². The molecule has 2 amide bonds. The molecular weight excluding hydrogens is 489 g/mol. The van der Waals surface area contributed by atoms with E-state index in [2.05, 4.69) is 0 Å². The van der Waals surface area contributed by atoms with Crippen LogP contribution in [0.25, 0.3) is 0 Å². The van der Waals surface area contributed by atoms with E-state index < -0.39 is 30.2 Å². The summed E-state index contributed by atoms with van der Waals surface area (Å²) in [4.78, 5) is 34.0. The molecule has 1 atom stereocenters. The maximum Gasteiger partial charge on any atom is 0.410 e. The lowest BCUT2D eigenvalue weighted by molar-refractivity contribution is -0.136.